The summed E-state index contributed by atoms with van der Waals surface area (Å²) in [5.41, 5.74) is -0.966. The van der Waals surface area contributed by atoms with Crippen LogP contribution in [0.4, 0.5) is 5.13 Å². The molecule has 19 heavy (non-hydrogen) atoms. The van der Waals surface area contributed by atoms with Gasteiger partial charge in [-0.05, 0) is 12.8 Å². The van der Waals surface area contributed by atoms with Crippen LogP contribution in [-0.4, -0.2) is 26.0 Å². The van der Waals surface area contributed by atoms with Gasteiger partial charge < -0.3 is 10.4 Å². The second kappa shape index (κ2) is 5.07. The number of hydrogen-bond donors (Lipinski definition) is 2. The van der Waals surface area contributed by atoms with Crippen LogP contribution < -0.4 is 5.32 Å². The smallest absolute Gasteiger partial charge is 0.329 e. The number of nitrogens with one attached hydrogen (secondary N) is 1. The Morgan fingerprint density at radius 2 is 1.95 bits per heavy atom. The van der Waals surface area contributed by atoms with Gasteiger partial charge in [0.15, 0.2) is 0 Å². The summed E-state index contributed by atoms with van der Waals surface area (Å²) in [7, 11) is 0. The molecule has 0 aromatic carbocycles. The molecule has 0 unspecified atom stereocenters. The molecule has 2 rings (SSSR count). The quantitative estimate of drug-likeness (QED) is 0.891. The van der Waals surface area contributed by atoms with Crippen molar-refractivity contribution in [1.82, 2.24) is 9.36 Å². The number of nitrogens with zero attached hydrogens (tertiary/aromatic N) is 2. The van der Waals surface area contributed by atoms with Gasteiger partial charge in [0.1, 0.15) is 11.4 Å². The number of carboxylic acid groups (broad SMARTS) is 1. The van der Waals surface area contributed by atoms with Crippen LogP contribution in [0.3, 0.4) is 0 Å². The van der Waals surface area contributed by atoms with Gasteiger partial charge in [0.05, 0.1) is 0 Å². The molecule has 1 aromatic heterocycles. The summed E-state index contributed by atoms with van der Waals surface area (Å²) in [4.78, 5) is 16.0. The Labute approximate surface area is 117 Å². The molecule has 0 atom stereocenters. The van der Waals surface area contributed by atoms with E-state index in [4.69, 9.17) is 0 Å². The fraction of sp³-hybridized carbons (Fsp3) is 0.769. The maximum atomic E-state index is 11.6. The van der Waals surface area contributed by atoms with Gasteiger partial charge in [0.2, 0.25) is 5.13 Å². The van der Waals surface area contributed by atoms with Crippen LogP contribution in [-0.2, 0) is 10.2 Å². The molecule has 1 fully saturated rings. The number of aliphatic carboxylic acids is 1. The Hall–Kier alpha value is -1.17. The molecule has 0 bridgehead atoms. The van der Waals surface area contributed by atoms with Gasteiger partial charge in [-0.3, -0.25) is 0 Å². The molecule has 0 amide bonds. The lowest BCUT2D eigenvalue weighted by molar-refractivity contribution is -0.143. The van der Waals surface area contributed by atoms with Crippen molar-refractivity contribution in [2.75, 3.05) is 5.32 Å². The zero-order chi connectivity index (χ0) is 14.1. The van der Waals surface area contributed by atoms with Crippen molar-refractivity contribution < 1.29 is 9.90 Å². The normalized spacial score (nSPS) is 19.1. The first-order valence-electron chi connectivity index (χ1n) is 6.69. The van der Waals surface area contributed by atoms with Crippen LogP contribution in [0.15, 0.2) is 0 Å². The molecule has 1 heterocycles. The molecule has 6 heteroatoms. The van der Waals surface area contributed by atoms with E-state index < -0.39 is 11.5 Å². The lowest BCUT2D eigenvalue weighted by atomic mass is 9.82. The van der Waals surface area contributed by atoms with Crippen molar-refractivity contribution in [3.8, 4) is 0 Å². The molecule has 0 spiro atoms. The van der Waals surface area contributed by atoms with E-state index in [1.54, 1.807) is 0 Å². The van der Waals surface area contributed by atoms with Crippen LogP contribution in [0.5, 0.6) is 0 Å². The Balaban J connectivity index is 2.18. The van der Waals surface area contributed by atoms with Crippen molar-refractivity contribution in [2.45, 2.75) is 63.8 Å². The Bertz CT molecular complexity index is 459. The van der Waals surface area contributed by atoms with Gasteiger partial charge in [0, 0.05) is 16.9 Å². The predicted octanol–water partition coefficient (Wildman–Crippen LogP) is 3.04. The molecule has 106 valence electrons. The number of rotatable bonds is 3. The summed E-state index contributed by atoms with van der Waals surface area (Å²) in [5, 5.41) is 13.3. The van der Waals surface area contributed by atoms with Crippen LogP contribution in [0.25, 0.3) is 0 Å². The maximum absolute atomic E-state index is 11.6. The first-order chi connectivity index (χ1) is 8.83. The highest BCUT2D eigenvalue weighted by Crippen LogP contribution is 2.33. The Kier molecular flexibility index (Phi) is 3.80. The highest BCUT2D eigenvalue weighted by molar-refractivity contribution is 7.09. The van der Waals surface area contributed by atoms with Crippen molar-refractivity contribution in [2.24, 2.45) is 0 Å². The Morgan fingerprint density at radius 3 is 2.42 bits per heavy atom. The molecule has 5 nitrogen and oxygen atoms in total. The molecule has 2 N–H and O–H groups in total. The molecule has 1 saturated carbocycles. The first kappa shape index (κ1) is 14.2. The van der Waals surface area contributed by atoms with E-state index in [2.05, 4.69) is 14.7 Å². The highest BCUT2D eigenvalue weighted by atomic mass is 32.1. The second-order valence-electron chi connectivity index (χ2n) is 6.25. The van der Waals surface area contributed by atoms with Gasteiger partial charge in [-0.1, -0.05) is 40.0 Å². The summed E-state index contributed by atoms with van der Waals surface area (Å²) in [6.07, 6.45) is 4.33. The standard InChI is InChI=1S/C13H21N3O2S/c1-12(2,3)9-14-11(19-16-9)15-13(10(17)18)7-5-4-6-8-13/h4-8H2,1-3H3,(H,17,18)(H,14,15,16). The first-order valence-corrected chi connectivity index (χ1v) is 7.47. The van der Waals surface area contributed by atoms with Crippen molar-refractivity contribution in [3.05, 3.63) is 5.82 Å². The third kappa shape index (κ3) is 3.05. The SMILES string of the molecule is CC(C)(C)c1nsc(NC2(C(=O)O)CCCCC2)n1. The summed E-state index contributed by atoms with van der Waals surface area (Å²) >= 11 is 1.25. The van der Waals surface area contributed by atoms with Gasteiger partial charge in [0.25, 0.3) is 0 Å². The van der Waals surface area contributed by atoms with E-state index in [1.807, 2.05) is 20.8 Å². The monoisotopic (exact) mass is 283 g/mol. The third-order valence-corrected chi connectivity index (χ3v) is 4.19. The molecular weight excluding hydrogens is 262 g/mol. The van der Waals surface area contributed by atoms with Crippen molar-refractivity contribution in [3.63, 3.8) is 0 Å². The van der Waals surface area contributed by atoms with Crippen molar-refractivity contribution in [1.29, 1.82) is 0 Å². The van der Waals surface area contributed by atoms with Crippen LogP contribution in [0.1, 0.15) is 58.7 Å². The van der Waals surface area contributed by atoms with E-state index in [0.29, 0.717) is 18.0 Å². The van der Waals surface area contributed by atoms with E-state index in [9.17, 15) is 9.90 Å². The van der Waals surface area contributed by atoms with Crippen LogP contribution in [0.2, 0.25) is 0 Å². The Morgan fingerprint density at radius 1 is 1.32 bits per heavy atom. The number of carbonyl (C=O) groups is 1. The van der Waals surface area contributed by atoms with E-state index in [1.165, 1.54) is 11.5 Å². The third-order valence-electron chi connectivity index (χ3n) is 3.56. The number of aromatic nitrogens is 2. The van der Waals surface area contributed by atoms with Gasteiger partial charge in [-0.2, -0.15) is 4.37 Å². The lowest BCUT2D eigenvalue weighted by Crippen LogP contribution is -2.47. The summed E-state index contributed by atoms with van der Waals surface area (Å²) < 4.78 is 4.32. The zero-order valence-corrected chi connectivity index (χ0v) is 12.5. The van der Waals surface area contributed by atoms with Gasteiger partial charge in [-0.25, -0.2) is 9.78 Å². The fourth-order valence-corrected chi connectivity index (χ4v) is 3.19. The topological polar surface area (TPSA) is 75.1 Å². The van der Waals surface area contributed by atoms with Gasteiger partial charge in [-0.15, -0.1) is 0 Å². The summed E-state index contributed by atoms with van der Waals surface area (Å²) in [6, 6.07) is 0. The molecule has 1 aromatic rings. The predicted molar refractivity (Wildman–Crippen MR) is 75.7 cm³/mol. The minimum Gasteiger partial charge on any atom is -0.480 e. The molecule has 1 aliphatic rings. The zero-order valence-electron chi connectivity index (χ0n) is 11.7. The minimum atomic E-state index is -0.854. The molecule has 0 saturated heterocycles. The number of hydrogen-bond acceptors (Lipinski definition) is 5. The molecular formula is C13H21N3O2S. The lowest BCUT2D eigenvalue weighted by Gasteiger charge is -2.33. The average molecular weight is 283 g/mol. The molecule has 0 aliphatic heterocycles. The second-order valence-corrected chi connectivity index (χ2v) is 7.00. The minimum absolute atomic E-state index is 0.112. The van der Waals surface area contributed by atoms with Crippen LogP contribution >= 0.6 is 11.5 Å². The fourth-order valence-electron chi connectivity index (χ4n) is 2.33. The summed E-state index contributed by atoms with van der Waals surface area (Å²) in [6.45, 7) is 6.14. The highest BCUT2D eigenvalue weighted by Gasteiger charge is 2.40. The largest absolute Gasteiger partial charge is 0.480 e. The summed E-state index contributed by atoms with van der Waals surface area (Å²) in [5.74, 6) is -0.0175. The van der Waals surface area contributed by atoms with Crippen LogP contribution in [0, 0.1) is 0 Å². The molecule has 1 aliphatic carbocycles. The van der Waals surface area contributed by atoms with E-state index >= 15 is 0 Å². The van der Waals surface area contributed by atoms with Gasteiger partial charge >= 0.3 is 5.97 Å². The van der Waals surface area contributed by atoms with Crippen molar-refractivity contribution >= 4 is 22.6 Å². The van der Waals surface area contributed by atoms with E-state index in [-0.39, 0.29) is 5.41 Å². The number of anilines is 1. The number of carboxylic acids is 1. The molecule has 0 radical (unpaired) electrons. The average Bonchev–Trinajstić information content (AvgIpc) is 2.78. The maximum Gasteiger partial charge on any atom is 0.329 e. The van der Waals surface area contributed by atoms with E-state index in [0.717, 1.165) is 25.1 Å².